The summed E-state index contributed by atoms with van der Waals surface area (Å²) < 4.78 is 16.5. The van der Waals surface area contributed by atoms with Crippen LogP contribution >= 0.6 is 0 Å². The molecule has 1 aromatic carbocycles. The van der Waals surface area contributed by atoms with Gasteiger partial charge in [0.25, 0.3) is 5.91 Å². The van der Waals surface area contributed by atoms with E-state index in [2.05, 4.69) is 34.6 Å². The first-order valence-electron chi connectivity index (χ1n) is 18.0. The average molecular weight is 630 g/mol. The van der Waals surface area contributed by atoms with Gasteiger partial charge < -0.3 is 19.5 Å². The van der Waals surface area contributed by atoms with Gasteiger partial charge in [-0.15, -0.1) is 10.2 Å². The van der Waals surface area contributed by atoms with Gasteiger partial charge in [-0.25, -0.2) is 0 Å². The molecular weight excluding hydrogens is 566 g/mol. The van der Waals surface area contributed by atoms with E-state index in [1.54, 1.807) is 33.5 Å². The van der Waals surface area contributed by atoms with Gasteiger partial charge in [-0.2, -0.15) is 4.80 Å². The SMILES string of the molecule is CCCCCCCCCCCCc1nnn(C(CCCCCCCCCCCC)C(=O)Nc2c(OC)cc(OC)cc2OC)n1. The van der Waals surface area contributed by atoms with E-state index >= 15 is 0 Å². The molecule has 45 heavy (non-hydrogen) atoms. The molecule has 0 aliphatic heterocycles. The molecule has 0 aliphatic carbocycles. The third kappa shape index (κ3) is 15.3. The van der Waals surface area contributed by atoms with Crippen molar-refractivity contribution in [3.8, 4) is 17.2 Å². The molecule has 0 fully saturated rings. The number of hydrogen-bond donors (Lipinski definition) is 1. The second-order valence-corrected chi connectivity index (χ2v) is 12.3. The third-order valence-electron chi connectivity index (χ3n) is 8.60. The van der Waals surface area contributed by atoms with Crippen LogP contribution in [0, 0.1) is 0 Å². The van der Waals surface area contributed by atoms with Crippen molar-refractivity contribution in [2.45, 2.75) is 161 Å². The van der Waals surface area contributed by atoms with E-state index in [1.807, 2.05) is 0 Å². The lowest BCUT2D eigenvalue weighted by Gasteiger charge is -2.19. The summed E-state index contributed by atoms with van der Waals surface area (Å²) in [5.74, 6) is 2.00. The minimum absolute atomic E-state index is 0.212. The summed E-state index contributed by atoms with van der Waals surface area (Å²) in [6.07, 6.45) is 26.6. The molecule has 0 bridgehead atoms. The number of amides is 1. The van der Waals surface area contributed by atoms with Crippen molar-refractivity contribution in [3.05, 3.63) is 18.0 Å². The molecule has 1 N–H and O–H groups in total. The number of nitrogens with zero attached hydrogens (tertiary/aromatic N) is 4. The zero-order valence-corrected chi connectivity index (χ0v) is 29.2. The third-order valence-corrected chi connectivity index (χ3v) is 8.60. The number of hydrogen-bond acceptors (Lipinski definition) is 7. The predicted molar refractivity (Wildman–Crippen MR) is 184 cm³/mol. The maximum absolute atomic E-state index is 13.8. The molecule has 1 aromatic heterocycles. The van der Waals surface area contributed by atoms with Gasteiger partial charge in [0, 0.05) is 18.6 Å². The Labute approximate surface area is 273 Å². The molecule has 2 rings (SSSR count). The lowest BCUT2D eigenvalue weighted by atomic mass is 10.0. The molecule has 9 heteroatoms. The van der Waals surface area contributed by atoms with E-state index in [9.17, 15) is 4.79 Å². The Bertz CT molecular complexity index is 1020. The number of aryl methyl sites for hydroxylation is 1. The molecule has 9 nitrogen and oxygen atoms in total. The summed E-state index contributed by atoms with van der Waals surface area (Å²) in [6.45, 7) is 4.52. The van der Waals surface area contributed by atoms with Gasteiger partial charge in [0.2, 0.25) is 0 Å². The number of carbonyl (C=O) groups is 1. The number of tetrazole rings is 1. The van der Waals surface area contributed by atoms with Gasteiger partial charge in [-0.05, 0) is 18.1 Å². The number of unbranched alkanes of at least 4 members (excludes halogenated alkanes) is 18. The van der Waals surface area contributed by atoms with Crippen LogP contribution in [-0.4, -0.2) is 47.4 Å². The smallest absolute Gasteiger partial charge is 0.251 e. The summed E-state index contributed by atoms with van der Waals surface area (Å²) in [4.78, 5) is 15.3. The topological polar surface area (TPSA) is 100 Å². The number of nitrogens with one attached hydrogen (secondary N) is 1. The molecule has 1 amide bonds. The van der Waals surface area contributed by atoms with Crippen LogP contribution in [0.15, 0.2) is 12.1 Å². The first-order valence-corrected chi connectivity index (χ1v) is 18.0. The van der Waals surface area contributed by atoms with Crippen molar-refractivity contribution < 1.29 is 19.0 Å². The summed E-state index contributed by atoms with van der Waals surface area (Å²) in [7, 11) is 4.70. The largest absolute Gasteiger partial charge is 0.496 e. The van der Waals surface area contributed by atoms with Gasteiger partial charge in [-0.1, -0.05) is 136 Å². The number of carbonyl (C=O) groups excluding carboxylic acids is 1. The molecule has 1 atom stereocenters. The van der Waals surface area contributed by atoms with Gasteiger partial charge in [0.1, 0.15) is 22.9 Å². The monoisotopic (exact) mass is 629 g/mol. The Morgan fingerprint density at radius 1 is 0.689 bits per heavy atom. The van der Waals surface area contributed by atoms with E-state index in [4.69, 9.17) is 14.2 Å². The molecule has 0 aliphatic rings. The molecule has 1 unspecified atom stereocenters. The van der Waals surface area contributed by atoms with Crippen LogP contribution < -0.4 is 19.5 Å². The zero-order valence-electron chi connectivity index (χ0n) is 29.2. The lowest BCUT2D eigenvalue weighted by Crippen LogP contribution is -2.28. The molecule has 0 saturated heterocycles. The van der Waals surface area contributed by atoms with E-state index in [1.165, 1.54) is 114 Å². The molecule has 0 radical (unpaired) electrons. The van der Waals surface area contributed by atoms with Crippen LogP contribution in [0.3, 0.4) is 0 Å². The number of aromatic nitrogens is 4. The van der Waals surface area contributed by atoms with Crippen LogP contribution in [0.25, 0.3) is 0 Å². The minimum atomic E-state index is -0.579. The van der Waals surface area contributed by atoms with E-state index in [-0.39, 0.29) is 5.91 Å². The Morgan fingerprint density at radius 2 is 1.16 bits per heavy atom. The summed E-state index contributed by atoms with van der Waals surface area (Å²) in [5, 5.41) is 16.4. The second kappa shape index (κ2) is 24.4. The average Bonchev–Trinajstić information content (AvgIpc) is 3.52. The highest BCUT2D eigenvalue weighted by atomic mass is 16.5. The molecule has 2 aromatic rings. The molecular formula is C36H63N5O4. The zero-order chi connectivity index (χ0) is 32.5. The standard InChI is InChI=1S/C36H63N5O4/c1-6-8-10-12-14-16-18-20-22-24-26-31(36(42)37-35-32(44-4)28-30(43-3)29-33(35)45-5)41-39-34(38-40-41)27-25-23-21-19-17-15-13-11-9-7-2/h28-29,31H,6-27H2,1-5H3,(H,37,42). The minimum Gasteiger partial charge on any atom is -0.496 e. The van der Waals surface area contributed by atoms with Crippen molar-refractivity contribution in [1.29, 1.82) is 0 Å². The van der Waals surface area contributed by atoms with E-state index in [0.717, 1.165) is 25.7 Å². The number of benzene rings is 1. The van der Waals surface area contributed by atoms with Crippen molar-refractivity contribution in [1.82, 2.24) is 20.2 Å². The normalized spacial score (nSPS) is 11.8. The van der Waals surface area contributed by atoms with Crippen LogP contribution in [0.2, 0.25) is 0 Å². The van der Waals surface area contributed by atoms with Gasteiger partial charge >= 0.3 is 0 Å². The Morgan fingerprint density at radius 3 is 1.62 bits per heavy atom. The predicted octanol–water partition coefficient (Wildman–Crippen LogP) is 9.65. The maximum atomic E-state index is 13.8. The highest BCUT2D eigenvalue weighted by Crippen LogP contribution is 2.39. The van der Waals surface area contributed by atoms with E-state index < -0.39 is 6.04 Å². The van der Waals surface area contributed by atoms with Crippen molar-refractivity contribution in [2.24, 2.45) is 0 Å². The lowest BCUT2D eigenvalue weighted by molar-refractivity contribution is -0.120. The Hall–Kier alpha value is -2.84. The first kappa shape index (κ1) is 38.3. The van der Waals surface area contributed by atoms with E-state index in [0.29, 0.717) is 35.2 Å². The van der Waals surface area contributed by atoms with Crippen LogP contribution in [0.4, 0.5) is 5.69 Å². The molecule has 256 valence electrons. The molecule has 0 saturated carbocycles. The van der Waals surface area contributed by atoms with Gasteiger partial charge in [0.15, 0.2) is 11.9 Å². The highest BCUT2D eigenvalue weighted by molar-refractivity contribution is 5.96. The molecule has 0 spiro atoms. The second-order valence-electron chi connectivity index (χ2n) is 12.3. The number of ether oxygens (including phenoxy) is 3. The maximum Gasteiger partial charge on any atom is 0.251 e. The summed E-state index contributed by atoms with van der Waals surface area (Å²) in [6, 6.07) is 2.88. The first-order chi connectivity index (χ1) is 22.1. The number of anilines is 1. The van der Waals surface area contributed by atoms with Crippen molar-refractivity contribution >= 4 is 11.6 Å². The van der Waals surface area contributed by atoms with Crippen molar-refractivity contribution in [2.75, 3.05) is 26.6 Å². The Kier molecular flexibility index (Phi) is 20.8. The fourth-order valence-electron chi connectivity index (χ4n) is 5.77. The molecule has 1 heterocycles. The highest BCUT2D eigenvalue weighted by Gasteiger charge is 2.26. The van der Waals surface area contributed by atoms with Crippen molar-refractivity contribution in [3.63, 3.8) is 0 Å². The fraction of sp³-hybridized carbons (Fsp3) is 0.778. The quantitative estimate of drug-likeness (QED) is 0.0935. The van der Waals surface area contributed by atoms with Crippen LogP contribution in [-0.2, 0) is 11.2 Å². The van der Waals surface area contributed by atoms with Gasteiger partial charge in [-0.3, -0.25) is 4.79 Å². The van der Waals surface area contributed by atoms with Crippen LogP contribution in [0.1, 0.15) is 161 Å². The number of methoxy groups -OCH3 is 3. The van der Waals surface area contributed by atoms with Gasteiger partial charge in [0.05, 0.1) is 21.3 Å². The Balaban J connectivity index is 1.95. The number of rotatable bonds is 28. The summed E-state index contributed by atoms with van der Waals surface area (Å²) >= 11 is 0. The fourth-order valence-corrected chi connectivity index (χ4v) is 5.77. The summed E-state index contributed by atoms with van der Waals surface area (Å²) in [5.41, 5.74) is 0.463. The van der Waals surface area contributed by atoms with Crippen LogP contribution in [0.5, 0.6) is 17.2 Å².